The van der Waals surface area contributed by atoms with Crippen LogP contribution in [0.25, 0.3) is 0 Å². The van der Waals surface area contributed by atoms with E-state index in [1.165, 1.54) is 11.3 Å². The van der Waals surface area contributed by atoms with Gasteiger partial charge in [0.2, 0.25) is 0 Å². The standard InChI is InChI=1S/C16H21N3O/c1-16(2)8-14-13(15(20)9-16)5-7-19(14)6-4-12-10-17-18(3)11-12/h5,7,10-11H,4,6,8-9H2,1-3H3. The average molecular weight is 271 g/mol. The van der Waals surface area contributed by atoms with Crippen LogP contribution < -0.4 is 0 Å². The summed E-state index contributed by atoms with van der Waals surface area (Å²) in [7, 11) is 1.93. The predicted molar refractivity (Wildman–Crippen MR) is 77.8 cm³/mol. The van der Waals surface area contributed by atoms with Crippen LogP contribution in [0.4, 0.5) is 0 Å². The van der Waals surface area contributed by atoms with Gasteiger partial charge in [0.25, 0.3) is 0 Å². The molecular formula is C16H21N3O. The Bertz CT molecular complexity index is 648. The van der Waals surface area contributed by atoms with Crippen LogP contribution in [-0.4, -0.2) is 20.1 Å². The van der Waals surface area contributed by atoms with Crippen molar-refractivity contribution in [1.29, 1.82) is 0 Å². The zero-order chi connectivity index (χ0) is 14.3. The van der Waals surface area contributed by atoms with E-state index in [-0.39, 0.29) is 11.2 Å². The Balaban J connectivity index is 1.80. The first kappa shape index (κ1) is 13.2. The first-order valence-corrected chi connectivity index (χ1v) is 7.13. The molecule has 1 aliphatic rings. The molecule has 0 spiro atoms. The quantitative estimate of drug-likeness (QED) is 0.861. The van der Waals surface area contributed by atoms with Crippen molar-refractivity contribution < 1.29 is 4.79 Å². The smallest absolute Gasteiger partial charge is 0.165 e. The van der Waals surface area contributed by atoms with Crippen molar-refractivity contribution >= 4 is 5.78 Å². The summed E-state index contributed by atoms with van der Waals surface area (Å²) in [6, 6.07) is 1.98. The predicted octanol–water partition coefficient (Wildman–Crippen LogP) is 2.62. The van der Waals surface area contributed by atoms with E-state index in [4.69, 9.17) is 0 Å². The minimum absolute atomic E-state index is 0.0779. The number of fused-ring (bicyclic) bond motifs is 1. The molecule has 0 N–H and O–H groups in total. The van der Waals surface area contributed by atoms with E-state index in [1.54, 1.807) is 0 Å². The molecule has 0 saturated heterocycles. The Labute approximate surface area is 119 Å². The number of ketones is 1. The number of nitrogens with zero attached hydrogens (tertiary/aromatic N) is 3. The van der Waals surface area contributed by atoms with E-state index in [9.17, 15) is 4.79 Å². The molecule has 4 heteroatoms. The molecule has 0 aromatic carbocycles. The fourth-order valence-electron chi connectivity index (χ4n) is 3.06. The largest absolute Gasteiger partial charge is 0.350 e. The number of carbonyl (C=O) groups excluding carboxylic acids is 1. The number of aromatic nitrogens is 3. The first-order valence-electron chi connectivity index (χ1n) is 7.13. The molecule has 20 heavy (non-hydrogen) atoms. The van der Waals surface area contributed by atoms with Crippen molar-refractivity contribution in [2.75, 3.05) is 0 Å². The molecule has 2 aromatic rings. The highest BCUT2D eigenvalue weighted by Crippen LogP contribution is 2.35. The average Bonchev–Trinajstić information content (AvgIpc) is 2.92. The van der Waals surface area contributed by atoms with Crippen molar-refractivity contribution in [3.8, 4) is 0 Å². The molecule has 3 rings (SSSR count). The van der Waals surface area contributed by atoms with Gasteiger partial charge < -0.3 is 4.57 Å². The Morgan fingerprint density at radius 3 is 2.85 bits per heavy atom. The van der Waals surface area contributed by atoms with E-state index in [2.05, 4.69) is 29.7 Å². The maximum absolute atomic E-state index is 12.2. The second-order valence-corrected chi connectivity index (χ2v) is 6.58. The van der Waals surface area contributed by atoms with E-state index in [1.807, 2.05) is 30.2 Å². The minimum atomic E-state index is 0.0779. The van der Waals surface area contributed by atoms with Crippen LogP contribution in [0.2, 0.25) is 0 Å². The molecule has 0 radical (unpaired) electrons. The van der Waals surface area contributed by atoms with E-state index in [0.29, 0.717) is 6.42 Å². The van der Waals surface area contributed by atoms with Crippen molar-refractivity contribution in [2.24, 2.45) is 12.5 Å². The van der Waals surface area contributed by atoms with Crippen molar-refractivity contribution in [3.05, 3.63) is 41.5 Å². The van der Waals surface area contributed by atoms with Crippen LogP contribution in [0.1, 0.15) is 41.9 Å². The normalized spacial score (nSPS) is 17.2. The molecule has 0 amide bonds. The van der Waals surface area contributed by atoms with Gasteiger partial charge in [0.1, 0.15) is 0 Å². The summed E-state index contributed by atoms with van der Waals surface area (Å²) in [5.41, 5.74) is 3.44. The lowest BCUT2D eigenvalue weighted by Gasteiger charge is -2.29. The molecule has 2 aromatic heterocycles. The van der Waals surface area contributed by atoms with Gasteiger partial charge in [0.15, 0.2) is 5.78 Å². The van der Waals surface area contributed by atoms with Crippen molar-refractivity contribution in [3.63, 3.8) is 0 Å². The maximum Gasteiger partial charge on any atom is 0.165 e. The van der Waals surface area contributed by atoms with Gasteiger partial charge in [-0.15, -0.1) is 0 Å². The summed E-state index contributed by atoms with van der Waals surface area (Å²) in [4.78, 5) is 12.2. The fraction of sp³-hybridized carbons (Fsp3) is 0.500. The lowest BCUT2D eigenvalue weighted by atomic mass is 9.76. The van der Waals surface area contributed by atoms with Crippen LogP contribution >= 0.6 is 0 Å². The maximum atomic E-state index is 12.2. The number of Topliss-reactive ketones (excluding diaryl/α,β-unsaturated/α-hetero) is 1. The molecule has 0 atom stereocenters. The molecule has 0 unspecified atom stereocenters. The van der Waals surface area contributed by atoms with Gasteiger partial charge in [-0.2, -0.15) is 5.10 Å². The molecule has 0 aliphatic heterocycles. The highest BCUT2D eigenvalue weighted by Gasteiger charge is 2.32. The number of aryl methyl sites for hydroxylation is 3. The monoisotopic (exact) mass is 271 g/mol. The van der Waals surface area contributed by atoms with Gasteiger partial charge in [-0.25, -0.2) is 0 Å². The van der Waals surface area contributed by atoms with Crippen LogP contribution in [-0.2, 0) is 26.4 Å². The Morgan fingerprint density at radius 1 is 1.35 bits per heavy atom. The van der Waals surface area contributed by atoms with Gasteiger partial charge in [-0.1, -0.05) is 13.8 Å². The third kappa shape index (κ3) is 2.42. The van der Waals surface area contributed by atoms with Crippen molar-refractivity contribution in [2.45, 2.75) is 39.7 Å². The first-order chi connectivity index (χ1) is 9.44. The number of hydrogen-bond donors (Lipinski definition) is 0. The van der Waals surface area contributed by atoms with Gasteiger partial charge >= 0.3 is 0 Å². The second-order valence-electron chi connectivity index (χ2n) is 6.58. The third-order valence-electron chi connectivity index (χ3n) is 4.06. The Kier molecular flexibility index (Phi) is 3.04. The van der Waals surface area contributed by atoms with Crippen LogP contribution in [0.5, 0.6) is 0 Å². The number of hydrogen-bond acceptors (Lipinski definition) is 2. The highest BCUT2D eigenvalue weighted by atomic mass is 16.1. The fourth-order valence-corrected chi connectivity index (χ4v) is 3.06. The molecule has 106 valence electrons. The molecule has 4 nitrogen and oxygen atoms in total. The number of rotatable bonds is 3. The molecule has 2 heterocycles. The van der Waals surface area contributed by atoms with Gasteiger partial charge in [-0.05, 0) is 29.9 Å². The second kappa shape index (κ2) is 4.62. The zero-order valence-corrected chi connectivity index (χ0v) is 12.4. The zero-order valence-electron chi connectivity index (χ0n) is 12.4. The van der Waals surface area contributed by atoms with E-state index >= 15 is 0 Å². The summed E-state index contributed by atoms with van der Waals surface area (Å²) in [6.45, 7) is 5.25. The number of carbonyl (C=O) groups is 1. The molecular weight excluding hydrogens is 250 g/mol. The van der Waals surface area contributed by atoms with Crippen LogP contribution in [0.15, 0.2) is 24.7 Å². The highest BCUT2D eigenvalue weighted by molar-refractivity contribution is 5.98. The van der Waals surface area contributed by atoms with Gasteiger partial charge in [0, 0.05) is 43.7 Å². The van der Waals surface area contributed by atoms with Crippen LogP contribution in [0.3, 0.4) is 0 Å². The Hall–Kier alpha value is -1.84. The lowest BCUT2D eigenvalue weighted by molar-refractivity contribution is 0.0910. The lowest BCUT2D eigenvalue weighted by Crippen LogP contribution is -2.28. The molecule has 0 fully saturated rings. The summed E-state index contributed by atoms with van der Waals surface area (Å²) < 4.78 is 4.06. The van der Waals surface area contributed by atoms with E-state index < -0.39 is 0 Å². The van der Waals surface area contributed by atoms with Gasteiger partial charge in [0.05, 0.1) is 6.20 Å². The third-order valence-corrected chi connectivity index (χ3v) is 4.06. The summed E-state index contributed by atoms with van der Waals surface area (Å²) in [6.07, 6.45) is 8.60. The van der Waals surface area contributed by atoms with Gasteiger partial charge in [-0.3, -0.25) is 9.48 Å². The summed E-state index contributed by atoms with van der Waals surface area (Å²) in [5, 5.41) is 4.19. The summed E-state index contributed by atoms with van der Waals surface area (Å²) >= 11 is 0. The van der Waals surface area contributed by atoms with Crippen LogP contribution in [0, 0.1) is 5.41 Å². The molecule has 0 saturated carbocycles. The summed E-state index contributed by atoms with van der Waals surface area (Å²) in [5.74, 6) is 0.288. The minimum Gasteiger partial charge on any atom is -0.350 e. The topological polar surface area (TPSA) is 39.8 Å². The molecule has 1 aliphatic carbocycles. The molecule has 0 bridgehead atoms. The van der Waals surface area contributed by atoms with E-state index in [0.717, 1.165) is 24.9 Å². The van der Waals surface area contributed by atoms with Crippen molar-refractivity contribution in [1.82, 2.24) is 14.3 Å². The SMILES string of the molecule is Cn1cc(CCn2ccc3c2CC(C)(C)CC3=O)cn1. The Morgan fingerprint density at radius 2 is 2.15 bits per heavy atom.